The predicted octanol–water partition coefficient (Wildman–Crippen LogP) is 1.74. The molecule has 2 aliphatic rings. The molecule has 0 aromatic carbocycles. The molecule has 0 N–H and O–H groups in total. The maximum Gasteiger partial charge on any atom is 0.342 e. The molecule has 3 heteroatoms. The molecule has 1 atom stereocenters. The second kappa shape index (κ2) is 3.08. The molecule has 0 saturated carbocycles. The molecule has 3 nitrogen and oxygen atoms in total. The zero-order valence-electron chi connectivity index (χ0n) is 8.08. The molecule has 0 aromatic heterocycles. The van der Waals surface area contributed by atoms with Crippen molar-refractivity contribution < 1.29 is 14.3 Å². The number of carbonyl (C=O) groups is 2. The molecule has 1 unspecified atom stereocenters. The van der Waals surface area contributed by atoms with Crippen molar-refractivity contribution in [3.05, 3.63) is 23.8 Å². The topological polar surface area (TPSA) is 43.4 Å². The summed E-state index contributed by atoms with van der Waals surface area (Å²) in [6.45, 7) is 2.00. The van der Waals surface area contributed by atoms with Crippen LogP contribution in [0.3, 0.4) is 0 Å². The summed E-state index contributed by atoms with van der Waals surface area (Å²) >= 11 is 0. The number of fused-ring (bicyclic) bond motifs is 1. The van der Waals surface area contributed by atoms with E-state index >= 15 is 0 Å². The van der Waals surface area contributed by atoms with Gasteiger partial charge in [0.15, 0.2) is 0 Å². The zero-order valence-corrected chi connectivity index (χ0v) is 8.08. The normalized spacial score (nSPS) is 29.9. The molecule has 1 heterocycles. The van der Waals surface area contributed by atoms with Crippen LogP contribution in [-0.4, -0.2) is 11.9 Å². The van der Waals surface area contributed by atoms with Gasteiger partial charge in [0.05, 0.1) is 5.57 Å². The second-order valence-electron chi connectivity index (χ2n) is 3.72. The Morgan fingerprint density at radius 3 is 3.00 bits per heavy atom. The van der Waals surface area contributed by atoms with Gasteiger partial charge in [-0.1, -0.05) is 31.6 Å². The lowest BCUT2D eigenvalue weighted by atomic mass is 9.73. The minimum atomic E-state index is -0.666. The number of hydrogen-bond acceptors (Lipinski definition) is 3. The van der Waals surface area contributed by atoms with Crippen molar-refractivity contribution >= 4 is 11.9 Å². The van der Waals surface area contributed by atoms with Crippen molar-refractivity contribution in [2.24, 2.45) is 5.41 Å². The van der Waals surface area contributed by atoms with Crippen LogP contribution in [0, 0.1) is 5.41 Å². The Labute approximate surface area is 82.4 Å². The molecule has 0 radical (unpaired) electrons. The van der Waals surface area contributed by atoms with Gasteiger partial charge in [-0.15, -0.1) is 0 Å². The Balaban J connectivity index is 2.45. The first-order valence-corrected chi connectivity index (χ1v) is 4.84. The summed E-state index contributed by atoms with van der Waals surface area (Å²) < 4.78 is 4.68. The highest BCUT2D eigenvalue weighted by Crippen LogP contribution is 2.45. The third kappa shape index (κ3) is 1.05. The lowest BCUT2D eigenvalue weighted by molar-refractivity contribution is -0.155. The molecule has 1 saturated heterocycles. The van der Waals surface area contributed by atoms with Crippen molar-refractivity contribution in [3.8, 4) is 0 Å². The van der Waals surface area contributed by atoms with Crippen molar-refractivity contribution in [1.82, 2.24) is 0 Å². The molecule has 0 amide bonds. The van der Waals surface area contributed by atoms with Gasteiger partial charge in [-0.3, -0.25) is 4.79 Å². The number of cyclic esters (lactones) is 2. The van der Waals surface area contributed by atoms with E-state index in [1.54, 1.807) is 6.08 Å². The van der Waals surface area contributed by atoms with Crippen LogP contribution >= 0.6 is 0 Å². The van der Waals surface area contributed by atoms with E-state index in [1.165, 1.54) is 0 Å². The van der Waals surface area contributed by atoms with E-state index in [0.717, 1.165) is 6.42 Å². The molecule has 14 heavy (non-hydrogen) atoms. The van der Waals surface area contributed by atoms with Crippen molar-refractivity contribution in [1.29, 1.82) is 0 Å². The Kier molecular flexibility index (Phi) is 2.02. The van der Waals surface area contributed by atoms with Gasteiger partial charge in [-0.25, -0.2) is 4.79 Å². The fraction of sp³-hybridized carbons (Fsp3) is 0.455. The summed E-state index contributed by atoms with van der Waals surface area (Å²) in [6.07, 6.45) is 7.58. The smallest absolute Gasteiger partial charge is 0.342 e. The molecule has 1 fully saturated rings. The summed E-state index contributed by atoms with van der Waals surface area (Å²) in [5.41, 5.74) is -0.132. The standard InChI is InChI=1S/C11H12O3/c1-2-6-11-7-4-3-5-8(11)9(12)14-10(11)13/h3-5H,2,6-7H2,1H3. The quantitative estimate of drug-likeness (QED) is 0.494. The van der Waals surface area contributed by atoms with Crippen LogP contribution in [0.25, 0.3) is 0 Å². The van der Waals surface area contributed by atoms with Crippen LogP contribution in [-0.2, 0) is 14.3 Å². The summed E-state index contributed by atoms with van der Waals surface area (Å²) in [6, 6.07) is 0. The zero-order chi connectivity index (χ0) is 10.2. The molecule has 0 aromatic rings. The number of ether oxygens (including phenoxy) is 1. The van der Waals surface area contributed by atoms with Crippen LogP contribution in [0.15, 0.2) is 23.8 Å². The lowest BCUT2D eigenvalue weighted by Crippen LogP contribution is -2.28. The third-order valence-corrected chi connectivity index (χ3v) is 2.85. The number of esters is 2. The van der Waals surface area contributed by atoms with Crippen LogP contribution in [0.1, 0.15) is 26.2 Å². The van der Waals surface area contributed by atoms with Crippen LogP contribution in [0.5, 0.6) is 0 Å². The van der Waals surface area contributed by atoms with E-state index in [4.69, 9.17) is 0 Å². The molecule has 1 aliphatic heterocycles. The molecule has 74 valence electrons. The van der Waals surface area contributed by atoms with Crippen molar-refractivity contribution in [2.45, 2.75) is 26.2 Å². The molecular formula is C11H12O3. The highest BCUT2D eigenvalue weighted by molar-refractivity contribution is 6.10. The van der Waals surface area contributed by atoms with Crippen LogP contribution in [0.4, 0.5) is 0 Å². The highest BCUT2D eigenvalue weighted by atomic mass is 16.6. The van der Waals surface area contributed by atoms with Gasteiger partial charge in [-0.05, 0) is 12.8 Å². The number of hydrogen-bond donors (Lipinski definition) is 0. The Morgan fingerprint density at radius 2 is 2.29 bits per heavy atom. The van der Waals surface area contributed by atoms with Crippen LogP contribution in [0.2, 0.25) is 0 Å². The van der Waals surface area contributed by atoms with E-state index in [1.807, 2.05) is 19.1 Å². The van der Waals surface area contributed by atoms with Crippen LogP contribution < -0.4 is 0 Å². The maximum absolute atomic E-state index is 11.6. The first kappa shape index (κ1) is 9.19. The first-order valence-electron chi connectivity index (χ1n) is 4.84. The lowest BCUT2D eigenvalue weighted by Gasteiger charge is -2.24. The fourth-order valence-electron chi connectivity index (χ4n) is 2.16. The minimum absolute atomic E-state index is 0.375. The largest absolute Gasteiger partial charge is 0.389 e. The SMILES string of the molecule is CCCC12CC=CC=C1C(=O)OC2=O. The van der Waals surface area contributed by atoms with Crippen molar-refractivity contribution in [3.63, 3.8) is 0 Å². The average molecular weight is 192 g/mol. The highest BCUT2D eigenvalue weighted by Gasteiger charge is 2.52. The molecule has 0 bridgehead atoms. The molecule has 1 aliphatic carbocycles. The summed E-state index contributed by atoms with van der Waals surface area (Å²) in [4.78, 5) is 23.0. The van der Waals surface area contributed by atoms with E-state index < -0.39 is 11.4 Å². The van der Waals surface area contributed by atoms with Gasteiger partial charge in [0, 0.05) is 0 Å². The number of rotatable bonds is 2. The van der Waals surface area contributed by atoms with Crippen molar-refractivity contribution in [2.75, 3.05) is 0 Å². The van der Waals surface area contributed by atoms with Gasteiger partial charge < -0.3 is 4.74 Å². The Hall–Kier alpha value is -1.38. The average Bonchev–Trinajstić information content (AvgIpc) is 2.41. The summed E-state index contributed by atoms with van der Waals surface area (Å²) in [5, 5.41) is 0. The predicted molar refractivity (Wildman–Crippen MR) is 50.3 cm³/mol. The van der Waals surface area contributed by atoms with E-state index in [-0.39, 0.29) is 5.97 Å². The summed E-state index contributed by atoms with van der Waals surface area (Å²) in [5.74, 6) is -0.840. The van der Waals surface area contributed by atoms with Gasteiger partial charge >= 0.3 is 11.9 Å². The van der Waals surface area contributed by atoms with Gasteiger partial charge in [-0.2, -0.15) is 0 Å². The van der Waals surface area contributed by atoms with E-state index in [0.29, 0.717) is 18.4 Å². The maximum atomic E-state index is 11.6. The van der Waals surface area contributed by atoms with Gasteiger partial charge in [0.25, 0.3) is 0 Å². The molecule has 2 rings (SSSR count). The van der Waals surface area contributed by atoms with E-state index in [9.17, 15) is 9.59 Å². The Morgan fingerprint density at radius 1 is 1.50 bits per heavy atom. The second-order valence-corrected chi connectivity index (χ2v) is 3.72. The number of allylic oxidation sites excluding steroid dienone is 3. The number of carbonyl (C=O) groups excluding carboxylic acids is 2. The molecule has 0 spiro atoms. The third-order valence-electron chi connectivity index (χ3n) is 2.85. The Bertz CT molecular complexity index is 352. The monoisotopic (exact) mass is 192 g/mol. The van der Waals surface area contributed by atoms with E-state index in [2.05, 4.69) is 4.74 Å². The van der Waals surface area contributed by atoms with Gasteiger partial charge in [0.1, 0.15) is 5.41 Å². The van der Waals surface area contributed by atoms with Gasteiger partial charge in [0.2, 0.25) is 0 Å². The minimum Gasteiger partial charge on any atom is -0.389 e. The fourth-order valence-corrected chi connectivity index (χ4v) is 2.16. The summed E-state index contributed by atoms with van der Waals surface area (Å²) in [7, 11) is 0. The molecular weight excluding hydrogens is 180 g/mol. The first-order chi connectivity index (χ1) is 6.70.